The van der Waals surface area contributed by atoms with E-state index >= 15 is 0 Å². The average molecular weight is 358 g/mol. The second-order valence-corrected chi connectivity index (χ2v) is 5.77. The zero-order valence-electron chi connectivity index (χ0n) is 11.5. The summed E-state index contributed by atoms with van der Waals surface area (Å²) in [5.41, 5.74) is 0.441. The maximum absolute atomic E-state index is 12.2. The monoisotopic (exact) mass is 356 g/mol. The number of hydrogen-bond acceptors (Lipinski definition) is 3. The fourth-order valence-electron chi connectivity index (χ4n) is 1.81. The Balaban J connectivity index is 2.14. The second-order valence-electron chi connectivity index (χ2n) is 4.52. The molecule has 114 valence electrons. The van der Waals surface area contributed by atoms with E-state index in [0.717, 1.165) is 0 Å². The predicted octanol–water partition coefficient (Wildman–Crippen LogP) is 5.08. The van der Waals surface area contributed by atoms with Gasteiger partial charge in [-0.15, -0.1) is 0 Å². The fourth-order valence-corrected chi connectivity index (χ4v) is 2.49. The molecule has 0 saturated heterocycles. The molecule has 2 aromatic rings. The van der Waals surface area contributed by atoms with Crippen LogP contribution in [0, 0.1) is 0 Å². The second kappa shape index (κ2) is 7.14. The summed E-state index contributed by atoms with van der Waals surface area (Å²) in [6, 6.07) is 11.0. The van der Waals surface area contributed by atoms with Crippen LogP contribution in [0.4, 0.5) is 0 Å². The van der Waals surface area contributed by atoms with E-state index in [4.69, 9.17) is 39.5 Å². The van der Waals surface area contributed by atoms with Gasteiger partial charge in [-0.05, 0) is 43.3 Å². The lowest BCUT2D eigenvalue weighted by molar-refractivity contribution is 0.0319. The molecule has 0 aromatic heterocycles. The molecular formula is C16H11Cl3O3. The number of esters is 1. The van der Waals surface area contributed by atoms with Gasteiger partial charge in [-0.25, -0.2) is 4.79 Å². The lowest BCUT2D eigenvalue weighted by Gasteiger charge is -2.13. The zero-order valence-corrected chi connectivity index (χ0v) is 13.7. The van der Waals surface area contributed by atoms with Crippen LogP contribution in [0.5, 0.6) is 0 Å². The van der Waals surface area contributed by atoms with Crippen LogP contribution >= 0.6 is 34.8 Å². The van der Waals surface area contributed by atoms with Gasteiger partial charge in [0.25, 0.3) is 0 Å². The third kappa shape index (κ3) is 3.80. The first-order valence-corrected chi connectivity index (χ1v) is 7.48. The van der Waals surface area contributed by atoms with Crippen molar-refractivity contribution in [2.75, 3.05) is 0 Å². The van der Waals surface area contributed by atoms with E-state index in [-0.39, 0.29) is 21.4 Å². The molecule has 0 aliphatic carbocycles. The molecule has 0 bridgehead atoms. The van der Waals surface area contributed by atoms with E-state index in [1.807, 2.05) is 0 Å². The SMILES string of the molecule is CC(OC(=O)c1c(Cl)cccc1Cl)C(=O)c1ccc(Cl)cc1. The Bertz CT molecular complexity index is 691. The summed E-state index contributed by atoms with van der Waals surface area (Å²) < 4.78 is 5.15. The summed E-state index contributed by atoms with van der Waals surface area (Å²) in [7, 11) is 0. The Kier molecular flexibility index (Phi) is 5.46. The maximum Gasteiger partial charge on any atom is 0.341 e. The summed E-state index contributed by atoms with van der Waals surface area (Å²) >= 11 is 17.6. The van der Waals surface area contributed by atoms with Crippen LogP contribution in [-0.4, -0.2) is 17.9 Å². The lowest BCUT2D eigenvalue weighted by Crippen LogP contribution is -2.24. The van der Waals surface area contributed by atoms with Gasteiger partial charge in [0.05, 0.1) is 15.6 Å². The Morgan fingerprint density at radius 2 is 1.50 bits per heavy atom. The third-order valence-electron chi connectivity index (χ3n) is 2.95. The molecule has 0 N–H and O–H groups in total. The number of ether oxygens (including phenoxy) is 1. The minimum absolute atomic E-state index is 0.0431. The highest BCUT2D eigenvalue weighted by Gasteiger charge is 2.23. The number of carbonyl (C=O) groups is 2. The van der Waals surface area contributed by atoms with Crippen LogP contribution in [0.25, 0.3) is 0 Å². The first-order chi connectivity index (χ1) is 10.4. The Morgan fingerprint density at radius 3 is 2.05 bits per heavy atom. The first kappa shape index (κ1) is 16.8. The minimum atomic E-state index is -0.971. The molecular weight excluding hydrogens is 347 g/mol. The molecule has 0 saturated carbocycles. The number of carbonyl (C=O) groups excluding carboxylic acids is 2. The van der Waals surface area contributed by atoms with Crippen LogP contribution in [0.3, 0.4) is 0 Å². The smallest absolute Gasteiger partial charge is 0.341 e. The van der Waals surface area contributed by atoms with Crippen LogP contribution in [-0.2, 0) is 4.74 Å². The number of rotatable bonds is 4. The molecule has 6 heteroatoms. The number of ketones is 1. The highest BCUT2D eigenvalue weighted by molar-refractivity contribution is 6.39. The van der Waals surface area contributed by atoms with Crippen molar-refractivity contribution in [1.29, 1.82) is 0 Å². The van der Waals surface area contributed by atoms with Crippen LogP contribution < -0.4 is 0 Å². The van der Waals surface area contributed by atoms with Gasteiger partial charge in [-0.2, -0.15) is 0 Å². The van der Waals surface area contributed by atoms with Crippen molar-refractivity contribution in [3.63, 3.8) is 0 Å². The average Bonchev–Trinajstić information content (AvgIpc) is 2.47. The van der Waals surface area contributed by atoms with Crippen molar-refractivity contribution in [2.24, 2.45) is 0 Å². The standard InChI is InChI=1S/C16H11Cl3O3/c1-9(15(20)10-5-7-11(17)8-6-10)22-16(21)14-12(18)3-2-4-13(14)19/h2-9H,1H3. The highest BCUT2D eigenvalue weighted by atomic mass is 35.5. The number of halogens is 3. The van der Waals surface area contributed by atoms with Crippen molar-refractivity contribution in [1.82, 2.24) is 0 Å². The van der Waals surface area contributed by atoms with E-state index in [0.29, 0.717) is 10.6 Å². The summed E-state index contributed by atoms with van der Waals surface area (Å²) in [5.74, 6) is -1.08. The predicted molar refractivity (Wildman–Crippen MR) is 87.1 cm³/mol. The molecule has 0 spiro atoms. The van der Waals surface area contributed by atoms with E-state index < -0.39 is 12.1 Å². The summed E-state index contributed by atoms with van der Waals surface area (Å²) in [4.78, 5) is 24.3. The molecule has 0 aliphatic heterocycles. The molecule has 0 amide bonds. The van der Waals surface area contributed by atoms with Gasteiger partial charge in [-0.1, -0.05) is 40.9 Å². The highest BCUT2D eigenvalue weighted by Crippen LogP contribution is 2.25. The molecule has 1 atom stereocenters. The van der Waals surface area contributed by atoms with E-state index in [9.17, 15) is 9.59 Å². The topological polar surface area (TPSA) is 43.4 Å². The summed E-state index contributed by atoms with van der Waals surface area (Å²) in [6.07, 6.45) is -0.971. The van der Waals surface area contributed by atoms with Crippen LogP contribution in [0.1, 0.15) is 27.6 Å². The van der Waals surface area contributed by atoms with Crippen molar-refractivity contribution in [3.8, 4) is 0 Å². The molecule has 3 nitrogen and oxygen atoms in total. The van der Waals surface area contributed by atoms with Gasteiger partial charge in [0.2, 0.25) is 5.78 Å². The van der Waals surface area contributed by atoms with E-state index in [1.54, 1.807) is 30.3 Å². The Labute approximate surface area is 142 Å². The number of Topliss-reactive ketones (excluding diaryl/α,β-unsaturated/α-hetero) is 1. The molecule has 0 radical (unpaired) electrons. The molecule has 2 aromatic carbocycles. The normalized spacial score (nSPS) is 11.8. The van der Waals surface area contributed by atoms with E-state index in [1.165, 1.54) is 19.1 Å². The van der Waals surface area contributed by atoms with Crippen molar-refractivity contribution in [3.05, 3.63) is 68.7 Å². The van der Waals surface area contributed by atoms with Gasteiger partial charge >= 0.3 is 5.97 Å². The molecule has 0 aliphatic rings. The van der Waals surface area contributed by atoms with Gasteiger partial charge < -0.3 is 4.74 Å². The van der Waals surface area contributed by atoms with Gasteiger partial charge in [0.1, 0.15) is 0 Å². The molecule has 1 unspecified atom stereocenters. The molecule has 0 heterocycles. The lowest BCUT2D eigenvalue weighted by atomic mass is 10.1. The third-order valence-corrected chi connectivity index (χ3v) is 3.83. The largest absolute Gasteiger partial charge is 0.451 e. The van der Waals surface area contributed by atoms with Crippen LogP contribution in [0.15, 0.2) is 42.5 Å². The van der Waals surface area contributed by atoms with Crippen molar-refractivity contribution in [2.45, 2.75) is 13.0 Å². The zero-order chi connectivity index (χ0) is 16.3. The van der Waals surface area contributed by atoms with Crippen LogP contribution in [0.2, 0.25) is 15.1 Å². The minimum Gasteiger partial charge on any atom is -0.451 e. The number of hydrogen-bond donors (Lipinski definition) is 0. The molecule has 0 fully saturated rings. The summed E-state index contributed by atoms with van der Waals surface area (Å²) in [5, 5.41) is 0.858. The Hall–Kier alpha value is -1.55. The fraction of sp³-hybridized carbons (Fsp3) is 0.125. The Morgan fingerprint density at radius 1 is 0.955 bits per heavy atom. The van der Waals surface area contributed by atoms with Crippen molar-refractivity contribution < 1.29 is 14.3 Å². The van der Waals surface area contributed by atoms with Gasteiger partial charge in [0.15, 0.2) is 6.10 Å². The van der Waals surface area contributed by atoms with Crippen molar-refractivity contribution >= 4 is 46.6 Å². The molecule has 2 rings (SSSR count). The maximum atomic E-state index is 12.2. The van der Waals surface area contributed by atoms with Gasteiger partial charge in [-0.3, -0.25) is 4.79 Å². The van der Waals surface area contributed by atoms with E-state index in [2.05, 4.69) is 0 Å². The quantitative estimate of drug-likeness (QED) is 0.566. The van der Waals surface area contributed by atoms with Gasteiger partial charge in [0, 0.05) is 10.6 Å². The number of benzene rings is 2. The first-order valence-electron chi connectivity index (χ1n) is 6.35. The summed E-state index contributed by atoms with van der Waals surface area (Å²) in [6.45, 7) is 1.49. The molecule has 22 heavy (non-hydrogen) atoms.